The van der Waals surface area contributed by atoms with Crippen molar-refractivity contribution < 1.29 is 9.59 Å². The molecule has 0 aliphatic carbocycles. The van der Waals surface area contributed by atoms with Crippen molar-refractivity contribution in [1.82, 2.24) is 4.98 Å². The lowest BCUT2D eigenvalue weighted by molar-refractivity contribution is -0.114. The van der Waals surface area contributed by atoms with Crippen LogP contribution in [0.1, 0.15) is 16.7 Å². The van der Waals surface area contributed by atoms with Crippen LogP contribution in [0.5, 0.6) is 0 Å². The SMILES string of the molecule is Cc1ccc(NC(=O)CSCC(=O)Nc2nc3c(C)cc(C)cc3s2)cc1. The first-order chi connectivity index (χ1) is 12.9. The minimum Gasteiger partial charge on any atom is -0.325 e. The van der Waals surface area contributed by atoms with Gasteiger partial charge in [0.1, 0.15) is 0 Å². The van der Waals surface area contributed by atoms with E-state index >= 15 is 0 Å². The summed E-state index contributed by atoms with van der Waals surface area (Å²) in [6.07, 6.45) is 0. The van der Waals surface area contributed by atoms with Crippen LogP contribution in [0.3, 0.4) is 0 Å². The lowest BCUT2D eigenvalue weighted by atomic mass is 10.1. The Morgan fingerprint density at radius 2 is 1.63 bits per heavy atom. The molecule has 0 bridgehead atoms. The number of aromatic nitrogens is 1. The van der Waals surface area contributed by atoms with Crippen molar-refractivity contribution in [3.8, 4) is 0 Å². The van der Waals surface area contributed by atoms with E-state index in [4.69, 9.17) is 0 Å². The van der Waals surface area contributed by atoms with Gasteiger partial charge in [0.25, 0.3) is 0 Å². The molecule has 2 aromatic carbocycles. The van der Waals surface area contributed by atoms with Crippen LogP contribution in [0.25, 0.3) is 10.2 Å². The number of hydrogen-bond acceptors (Lipinski definition) is 5. The lowest BCUT2D eigenvalue weighted by Gasteiger charge is -2.05. The van der Waals surface area contributed by atoms with E-state index in [1.165, 1.54) is 28.7 Å². The summed E-state index contributed by atoms with van der Waals surface area (Å²) < 4.78 is 1.06. The number of nitrogens with one attached hydrogen (secondary N) is 2. The maximum Gasteiger partial charge on any atom is 0.236 e. The summed E-state index contributed by atoms with van der Waals surface area (Å²) in [5.41, 5.74) is 5.10. The van der Waals surface area contributed by atoms with Crippen molar-refractivity contribution in [2.45, 2.75) is 20.8 Å². The van der Waals surface area contributed by atoms with Crippen molar-refractivity contribution in [3.63, 3.8) is 0 Å². The molecule has 3 aromatic rings. The minimum atomic E-state index is -0.156. The fraction of sp³-hybridized carbons (Fsp3) is 0.250. The van der Waals surface area contributed by atoms with Gasteiger partial charge in [-0.05, 0) is 50.1 Å². The van der Waals surface area contributed by atoms with Gasteiger partial charge in [-0.1, -0.05) is 35.1 Å². The molecule has 0 unspecified atom stereocenters. The number of carbonyl (C=O) groups is 2. The van der Waals surface area contributed by atoms with Crippen LogP contribution >= 0.6 is 23.1 Å². The Morgan fingerprint density at radius 1 is 0.963 bits per heavy atom. The van der Waals surface area contributed by atoms with Crippen molar-refractivity contribution >= 4 is 55.9 Å². The van der Waals surface area contributed by atoms with E-state index < -0.39 is 0 Å². The molecule has 1 aromatic heterocycles. The maximum absolute atomic E-state index is 12.1. The highest BCUT2D eigenvalue weighted by Crippen LogP contribution is 2.29. The minimum absolute atomic E-state index is 0.122. The molecule has 7 heteroatoms. The molecule has 0 fully saturated rings. The van der Waals surface area contributed by atoms with E-state index in [1.54, 1.807) is 0 Å². The molecule has 2 N–H and O–H groups in total. The summed E-state index contributed by atoms with van der Waals surface area (Å²) in [7, 11) is 0. The van der Waals surface area contributed by atoms with E-state index in [9.17, 15) is 9.59 Å². The number of carbonyl (C=O) groups excluding carboxylic acids is 2. The molecule has 3 rings (SSSR count). The smallest absolute Gasteiger partial charge is 0.236 e. The van der Waals surface area contributed by atoms with Crippen LogP contribution in [0.15, 0.2) is 36.4 Å². The van der Waals surface area contributed by atoms with Gasteiger partial charge >= 0.3 is 0 Å². The van der Waals surface area contributed by atoms with Crippen molar-refractivity contribution in [1.29, 1.82) is 0 Å². The molecular formula is C20H21N3O2S2. The summed E-state index contributed by atoms with van der Waals surface area (Å²) in [5.74, 6) is 0.147. The fourth-order valence-corrected chi connectivity index (χ4v) is 4.33. The number of thioether (sulfide) groups is 1. The molecule has 27 heavy (non-hydrogen) atoms. The number of thiazole rings is 1. The first kappa shape index (κ1) is 19.4. The van der Waals surface area contributed by atoms with Crippen LogP contribution in [-0.2, 0) is 9.59 Å². The predicted octanol–water partition coefficient (Wildman–Crippen LogP) is 4.53. The van der Waals surface area contributed by atoms with Crippen LogP contribution < -0.4 is 10.6 Å². The Hall–Kier alpha value is -2.38. The second-order valence-corrected chi connectivity index (χ2v) is 8.42. The Morgan fingerprint density at radius 3 is 2.33 bits per heavy atom. The molecule has 0 saturated heterocycles. The molecule has 0 radical (unpaired) electrons. The molecule has 0 saturated carbocycles. The number of benzene rings is 2. The van der Waals surface area contributed by atoms with E-state index in [0.717, 1.165) is 27.0 Å². The van der Waals surface area contributed by atoms with Gasteiger partial charge in [-0.15, -0.1) is 11.8 Å². The molecule has 2 amide bonds. The molecule has 0 aliphatic heterocycles. The van der Waals surface area contributed by atoms with Gasteiger partial charge in [-0.2, -0.15) is 0 Å². The van der Waals surface area contributed by atoms with Crippen LogP contribution in [0.4, 0.5) is 10.8 Å². The number of hydrogen-bond donors (Lipinski definition) is 2. The van der Waals surface area contributed by atoms with Crippen molar-refractivity contribution in [2.24, 2.45) is 0 Å². The number of nitrogens with zero attached hydrogens (tertiary/aromatic N) is 1. The number of aryl methyl sites for hydroxylation is 3. The van der Waals surface area contributed by atoms with Gasteiger partial charge in [-0.3, -0.25) is 9.59 Å². The van der Waals surface area contributed by atoms with Crippen molar-refractivity contribution in [2.75, 3.05) is 22.1 Å². The number of anilines is 2. The van der Waals surface area contributed by atoms with E-state index in [-0.39, 0.29) is 23.3 Å². The summed E-state index contributed by atoms with van der Waals surface area (Å²) in [6, 6.07) is 11.8. The van der Waals surface area contributed by atoms with Crippen LogP contribution in [0, 0.1) is 20.8 Å². The Kier molecular flexibility index (Phi) is 6.13. The zero-order chi connectivity index (χ0) is 19.4. The Balaban J connectivity index is 1.47. The number of rotatable bonds is 6. The quantitative estimate of drug-likeness (QED) is 0.639. The average molecular weight is 400 g/mol. The molecule has 0 aliphatic rings. The summed E-state index contributed by atoms with van der Waals surface area (Å²) >= 11 is 2.74. The van der Waals surface area contributed by atoms with E-state index in [1.807, 2.05) is 45.0 Å². The summed E-state index contributed by atoms with van der Waals surface area (Å²) in [5, 5.41) is 6.23. The van der Waals surface area contributed by atoms with Crippen molar-refractivity contribution in [3.05, 3.63) is 53.1 Å². The molecule has 5 nitrogen and oxygen atoms in total. The molecular weight excluding hydrogens is 378 g/mol. The standard InChI is InChI=1S/C20H21N3O2S2/c1-12-4-6-15(7-5-12)21-17(24)10-26-11-18(25)22-20-23-19-14(3)8-13(2)9-16(19)27-20/h4-9H,10-11H2,1-3H3,(H,21,24)(H,22,23,25). The highest BCUT2D eigenvalue weighted by atomic mass is 32.2. The third-order valence-electron chi connectivity index (χ3n) is 3.88. The Labute approximate surface area is 166 Å². The molecule has 1 heterocycles. The third kappa shape index (κ3) is 5.30. The van der Waals surface area contributed by atoms with Gasteiger partial charge in [0.2, 0.25) is 11.8 Å². The number of fused-ring (bicyclic) bond motifs is 1. The summed E-state index contributed by atoms with van der Waals surface area (Å²) in [6.45, 7) is 6.06. The third-order valence-corrected chi connectivity index (χ3v) is 5.73. The van der Waals surface area contributed by atoms with Crippen LogP contribution in [-0.4, -0.2) is 28.3 Å². The first-order valence-corrected chi connectivity index (χ1v) is 10.5. The van der Waals surface area contributed by atoms with Gasteiger partial charge in [0.15, 0.2) is 5.13 Å². The lowest BCUT2D eigenvalue weighted by Crippen LogP contribution is -2.18. The normalized spacial score (nSPS) is 10.8. The highest BCUT2D eigenvalue weighted by molar-refractivity contribution is 8.00. The van der Waals surface area contributed by atoms with Gasteiger partial charge < -0.3 is 10.6 Å². The van der Waals surface area contributed by atoms with Gasteiger partial charge in [0, 0.05) is 5.69 Å². The van der Waals surface area contributed by atoms with E-state index in [0.29, 0.717) is 5.13 Å². The predicted molar refractivity (Wildman–Crippen MR) is 115 cm³/mol. The van der Waals surface area contributed by atoms with Crippen LogP contribution in [0.2, 0.25) is 0 Å². The van der Waals surface area contributed by atoms with Gasteiger partial charge in [-0.25, -0.2) is 4.98 Å². The zero-order valence-electron chi connectivity index (χ0n) is 15.5. The maximum atomic E-state index is 12.1. The largest absolute Gasteiger partial charge is 0.325 e. The monoisotopic (exact) mass is 399 g/mol. The zero-order valence-corrected chi connectivity index (χ0v) is 17.1. The average Bonchev–Trinajstić information content (AvgIpc) is 2.99. The second kappa shape index (κ2) is 8.54. The second-order valence-electron chi connectivity index (χ2n) is 6.40. The first-order valence-electron chi connectivity index (χ1n) is 8.52. The number of amides is 2. The van der Waals surface area contributed by atoms with E-state index in [2.05, 4.69) is 27.8 Å². The molecule has 0 atom stereocenters. The molecule has 0 spiro atoms. The fourth-order valence-electron chi connectivity index (χ4n) is 2.65. The Bertz CT molecular complexity index is 981. The highest BCUT2D eigenvalue weighted by Gasteiger charge is 2.11. The molecule has 140 valence electrons. The summed E-state index contributed by atoms with van der Waals surface area (Å²) in [4.78, 5) is 28.6. The van der Waals surface area contributed by atoms with Gasteiger partial charge in [0.05, 0.1) is 21.7 Å². The topological polar surface area (TPSA) is 71.1 Å².